The molecule has 0 amide bonds. The summed E-state index contributed by atoms with van der Waals surface area (Å²) in [4.78, 5) is 11.4. The summed E-state index contributed by atoms with van der Waals surface area (Å²) >= 11 is 0. The van der Waals surface area contributed by atoms with E-state index in [1.54, 1.807) is 0 Å². The van der Waals surface area contributed by atoms with E-state index in [0.717, 1.165) is 24.8 Å². The number of carbonyl (C=O) groups is 1. The number of benzene rings is 1. The highest BCUT2D eigenvalue weighted by molar-refractivity contribution is 5.89. The van der Waals surface area contributed by atoms with Crippen LogP contribution in [0.4, 0.5) is 0 Å². The highest BCUT2D eigenvalue weighted by Gasteiger charge is 1.95. The molecule has 17 heavy (non-hydrogen) atoms. The molecule has 0 saturated carbocycles. The van der Waals surface area contributed by atoms with Gasteiger partial charge in [0.25, 0.3) is 0 Å². The Hall–Kier alpha value is -1.57. The number of unbranched alkanes of at least 4 members (excludes halogenated alkanes) is 2. The van der Waals surface area contributed by atoms with Gasteiger partial charge in [-0.3, -0.25) is 4.79 Å². The summed E-state index contributed by atoms with van der Waals surface area (Å²) in [6, 6.07) is 9.90. The van der Waals surface area contributed by atoms with Crippen molar-refractivity contribution in [2.75, 3.05) is 0 Å². The maximum Gasteiger partial charge on any atom is 0.158 e. The number of carbonyl (C=O) groups excluding carboxylic acids is 1. The first-order valence-electron chi connectivity index (χ1n) is 6.18. The van der Waals surface area contributed by atoms with Crippen molar-refractivity contribution < 1.29 is 9.53 Å². The topological polar surface area (TPSA) is 26.3 Å². The number of ether oxygens (including phenoxy) is 1. The van der Waals surface area contributed by atoms with Gasteiger partial charge >= 0.3 is 0 Å². The van der Waals surface area contributed by atoms with Gasteiger partial charge in [0.05, 0.1) is 6.26 Å². The summed E-state index contributed by atoms with van der Waals surface area (Å²) in [5.74, 6) is 0.145. The molecule has 1 aromatic rings. The third-order valence-electron chi connectivity index (χ3n) is 2.47. The monoisotopic (exact) mass is 232 g/mol. The van der Waals surface area contributed by atoms with Crippen LogP contribution in [-0.2, 0) is 16.1 Å². The van der Waals surface area contributed by atoms with Crippen LogP contribution >= 0.6 is 0 Å². The molecule has 0 radical (unpaired) electrons. The molecule has 92 valence electrons. The van der Waals surface area contributed by atoms with Gasteiger partial charge in [0.2, 0.25) is 0 Å². The number of hydrogen-bond donors (Lipinski definition) is 0. The Balaban J connectivity index is 2.15. The zero-order valence-electron chi connectivity index (χ0n) is 10.4. The van der Waals surface area contributed by atoms with Crippen LogP contribution in [0.1, 0.15) is 38.2 Å². The molecule has 0 unspecified atom stereocenters. The minimum absolute atomic E-state index is 0.145. The Labute approximate surface area is 103 Å². The van der Waals surface area contributed by atoms with Crippen molar-refractivity contribution in [1.82, 2.24) is 0 Å². The van der Waals surface area contributed by atoms with E-state index in [4.69, 9.17) is 4.74 Å². The molecule has 2 nitrogen and oxygen atoms in total. The molecule has 0 fully saturated rings. The second-order valence-corrected chi connectivity index (χ2v) is 4.02. The molecule has 0 spiro atoms. The third-order valence-corrected chi connectivity index (χ3v) is 2.47. The normalized spacial score (nSPS) is 10.6. The van der Waals surface area contributed by atoms with Gasteiger partial charge in [-0.15, -0.1) is 0 Å². The van der Waals surface area contributed by atoms with Gasteiger partial charge in [0, 0.05) is 12.5 Å². The Morgan fingerprint density at radius 1 is 1.24 bits per heavy atom. The second kappa shape index (κ2) is 8.57. The molecule has 1 rings (SSSR count). The van der Waals surface area contributed by atoms with Gasteiger partial charge in [-0.25, -0.2) is 0 Å². The molecule has 0 aliphatic heterocycles. The van der Waals surface area contributed by atoms with Crippen LogP contribution in [0.25, 0.3) is 0 Å². The molecule has 0 aliphatic rings. The minimum atomic E-state index is 0.145. The zero-order valence-corrected chi connectivity index (χ0v) is 10.4. The summed E-state index contributed by atoms with van der Waals surface area (Å²) in [5.41, 5.74) is 1.11. The van der Waals surface area contributed by atoms with Crippen molar-refractivity contribution >= 4 is 5.78 Å². The van der Waals surface area contributed by atoms with Crippen LogP contribution in [0.3, 0.4) is 0 Å². The van der Waals surface area contributed by atoms with Gasteiger partial charge in [0.15, 0.2) is 5.78 Å². The van der Waals surface area contributed by atoms with Crippen molar-refractivity contribution in [1.29, 1.82) is 0 Å². The fraction of sp³-hybridized carbons (Fsp3) is 0.400. The van der Waals surface area contributed by atoms with Crippen LogP contribution < -0.4 is 0 Å². The predicted octanol–water partition coefficient (Wildman–Crippen LogP) is 3.87. The van der Waals surface area contributed by atoms with E-state index in [2.05, 4.69) is 6.92 Å². The minimum Gasteiger partial charge on any atom is -0.496 e. The quantitative estimate of drug-likeness (QED) is 0.386. The maximum atomic E-state index is 11.4. The molecule has 0 saturated heterocycles. The molecule has 0 aliphatic carbocycles. The Morgan fingerprint density at radius 2 is 2.00 bits per heavy atom. The van der Waals surface area contributed by atoms with Crippen LogP contribution in [0.2, 0.25) is 0 Å². The predicted molar refractivity (Wildman–Crippen MR) is 69.5 cm³/mol. The number of hydrogen-bond acceptors (Lipinski definition) is 2. The lowest BCUT2D eigenvalue weighted by Crippen LogP contribution is -1.93. The van der Waals surface area contributed by atoms with Crippen LogP contribution in [0, 0.1) is 0 Å². The van der Waals surface area contributed by atoms with Gasteiger partial charge in [-0.1, -0.05) is 50.1 Å². The first-order chi connectivity index (χ1) is 8.33. The van der Waals surface area contributed by atoms with Crippen molar-refractivity contribution in [3.8, 4) is 0 Å². The van der Waals surface area contributed by atoms with Crippen LogP contribution in [-0.4, -0.2) is 5.78 Å². The van der Waals surface area contributed by atoms with Gasteiger partial charge < -0.3 is 4.74 Å². The van der Waals surface area contributed by atoms with Crippen molar-refractivity contribution in [3.63, 3.8) is 0 Å². The molecular weight excluding hydrogens is 212 g/mol. The molecule has 0 atom stereocenters. The number of allylic oxidation sites excluding steroid dienone is 1. The highest BCUT2D eigenvalue weighted by atomic mass is 16.5. The fourth-order valence-corrected chi connectivity index (χ4v) is 1.48. The molecule has 0 heterocycles. The Bertz CT molecular complexity index is 341. The molecule has 0 aromatic heterocycles. The smallest absolute Gasteiger partial charge is 0.158 e. The van der Waals surface area contributed by atoms with Crippen LogP contribution in [0.15, 0.2) is 42.7 Å². The lowest BCUT2D eigenvalue weighted by Gasteiger charge is -2.00. The Morgan fingerprint density at radius 3 is 2.71 bits per heavy atom. The molecule has 0 N–H and O–H groups in total. The zero-order chi connectivity index (χ0) is 12.3. The number of rotatable bonds is 8. The molecule has 1 aromatic carbocycles. The first-order valence-corrected chi connectivity index (χ1v) is 6.18. The van der Waals surface area contributed by atoms with Gasteiger partial charge in [-0.05, 0) is 12.0 Å². The summed E-state index contributed by atoms with van der Waals surface area (Å²) in [7, 11) is 0. The molecular formula is C15H20O2. The largest absolute Gasteiger partial charge is 0.496 e. The summed E-state index contributed by atoms with van der Waals surface area (Å²) < 4.78 is 5.30. The average Bonchev–Trinajstić information content (AvgIpc) is 2.36. The fourth-order valence-electron chi connectivity index (χ4n) is 1.48. The Kier molecular flexibility index (Phi) is 6.80. The third kappa shape index (κ3) is 6.56. The van der Waals surface area contributed by atoms with Gasteiger partial charge in [0.1, 0.15) is 6.61 Å². The van der Waals surface area contributed by atoms with E-state index >= 15 is 0 Å². The van der Waals surface area contributed by atoms with E-state index in [-0.39, 0.29) is 5.78 Å². The van der Waals surface area contributed by atoms with E-state index in [0.29, 0.717) is 13.0 Å². The number of ketones is 1. The van der Waals surface area contributed by atoms with E-state index in [1.165, 1.54) is 12.3 Å². The van der Waals surface area contributed by atoms with Crippen molar-refractivity contribution in [2.45, 2.75) is 39.2 Å². The second-order valence-electron chi connectivity index (χ2n) is 4.02. The summed E-state index contributed by atoms with van der Waals surface area (Å²) in [6.45, 7) is 2.64. The van der Waals surface area contributed by atoms with Crippen molar-refractivity contribution in [3.05, 3.63) is 48.2 Å². The highest BCUT2D eigenvalue weighted by Crippen LogP contribution is 2.02. The first kappa shape index (κ1) is 13.5. The van der Waals surface area contributed by atoms with Crippen molar-refractivity contribution in [2.24, 2.45) is 0 Å². The SMILES string of the molecule is CCCCCC(=O)C=COCc1ccccc1. The van der Waals surface area contributed by atoms with Gasteiger partial charge in [-0.2, -0.15) is 0 Å². The lowest BCUT2D eigenvalue weighted by molar-refractivity contribution is -0.114. The summed E-state index contributed by atoms with van der Waals surface area (Å²) in [6.07, 6.45) is 6.88. The van der Waals surface area contributed by atoms with Crippen LogP contribution in [0.5, 0.6) is 0 Å². The van der Waals surface area contributed by atoms with E-state index < -0.39 is 0 Å². The average molecular weight is 232 g/mol. The molecule has 2 heteroatoms. The molecule has 0 bridgehead atoms. The summed E-state index contributed by atoms with van der Waals surface area (Å²) in [5, 5.41) is 0. The standard InChI is InChI=1S/C15H20O2/c1-2-3-5-10-15(16)11-12-17-13-14-8-6-4-7-9-14/h4,6-9,11-12H,2-3,5,10,13H2,1H3. The maximum absolute atomic E-state index is 11.4. The lowest BCUT2D eigenvalue weighted by atomic mass is 10.1. The van der Waals surface area contributed by atoms with E-state index in [1.807, 2.05) is 30.3 Å². The van der Waals surface area contributed by atoms with E-state index in [9.17, 15) is 4.79 Å².